The summed E-state index contributed by atoms with van der Waals surface area (Å²) < 4.78 is 47.5. The zero-order valence-electron chi connectivity index (χ0n) is 24.2. The second-order valence-electron chi connectivity index (χ2n) is 10.6. The van der Waals surface area contributed by atoms with E-state index in [4.69, 9.17) is 4.74 Å². The van der Waals surface area contributed by atoms with Crippen molar-refractivity contribution in [1.82, 2.24) is 4.57 Å². The van der Waals surface area contributed by atoms with Gasteiger partial charge in [-0.3, -0.25) is 23.7 Å². The summed E-state index contributed by atoms with van der Waals surface area (Å²) in [6.45, 7) is 1.24. The minimum Gasteiger partial charge on any atom is -0.462 e. The van der Waals surface area contributed by atoms with Crippen LogP contribution in [0.25, 0.3) is 0 Å². The molecule has 47 heavy (non-hydrogen) atoms. The van der Waals surface area contributed by atoms with E-state index in [0.29, 0.717) is 10.4 Å². The number of para-hydroxylation sites is 1. The summed E-state index contributed by atoms with van der Waals surface area (Å²) >= 11 is 5.19. The van der Waals surface area contributed by atoms with Crippen LogP contribution in [0.3, 0.4) is 0 Å². The number of esters is 1. The molecule has 4 aromatic rings. The molecule has 9 nitrogen and oxygen atoms in total. The van der Waals surface area contributed by atoms with Crippen molar-refractivity contribution >= 4 is 74.1 Å². The van der Waals surface area contributed by atoms with Crippen LogP contribution in [0.5, 0.6) is 0 Å². The number of hydrogen-bond donors (Lipinski definition) is 1. The summed E-state index contributed by atoms with van der Waals surface area (Å²) in [6, 6.07) is 17.5. The smallest absolute Gasteiger partial charge is 0.418 e. The number of anilines is 2. The minimum atomic E-state index is -4.72. The molecule has 3 aromatic carbocycles. The molecule has 1 aromatic heterocycles. The summed E-state index contributed by atoms with van der Waals surface area (Å²) in [6.07, 6.45) is -4.72. The van der Waals surface area contributed by atoms with Gasteiger partial charge in [-0.05, 0) is 61.0 Å². The summed E-state index contributed by atoms with van der Waals surface area (Å²) in [5.74, 6) is -4.11. The quantitative estimate of drug-likeness (QED) is 0.174. The number of nitrogens with one attached hydrogen (secondary N) is 1. The fourth-order valence-electron chi connectivity index (χ4n) is 5.67. The van der Waals surface area contributed by atoms with Gasteiger partial charge in [0, 0.05) is 15.3 Å². The molecule has 3 atom stereocenters. The highest BCUT2D eigenvalue weighted by Gasteiger charge is 2.56. The van der Waals surface area contributed by atoms with Crippen LogP contribution in [0.15, 0.2) is 87.1 Å². The average Bonchev–Trinajstić information content (AvgIpc) is 3.47. The number of fused-ring (bicyclic) bond motifs is 2. The van der Waals surface area contributed by atoms with Gasteiger partial charge in [0.15, 0.2) is 0 Å². The number of thiazole rings is 1. The van der Waals surface area contributed by atoms with Crippen molar-refractivity contribution in [3.8, 4) is 0 Å². The number of thioether (sulfide) groups is 1. The third-order valence-electron chi connectivity index (χ3n) is 7.72. The molecule has 0 saturated carbocycles. The molecular weight excluding hydrogens is 723 g/mol. The highest BCUT2D eigenvalue weighted by Crippen LogP contribution is 2.54. The van der Waals surface area contributed by atoms with Crippen molar-refractivity contribution in [1.29, 1.82) is 0 Å². The molecule has 0 bridgehead atoms. The highest BCUT2D eigenvalue weighted by molar-refractivity contribution is 9.10. The van der Waals surface area contributed by atoms with Gasteiger partial charge in [-0.25, -0.2) is 9.69 Å². The number of carbonyl (C=O) groups excluding carboxylic acids is 4. The van der Waals surface area contributed by atoms with Crippen LogP contribution in [0.4, 0.5) is 24.5 Å². The molecule has 3 amide bonds. The van der Waals surface area contributed by atoms with Gasteiger partial charge in [0.05, 0.1) is 40.1 Å². The van der Waals surface area contributed by atoms with Crippen molar-refractivity contribution in [3.05, 3.63) is 109 Å². The molecule has 0 aliphatic carbocycles. The third-order valence-corrected chi connectivity index (χ3v) is 10.9. The van der Waals surface area contributed by atoms with E-state index in [1.54, 1.807) is 31.2 Å². The fraction of sp³-hybridized carbons (Fsp3) is 0.219. The molecule has 2 unspecified atom stereocenters. The Morgan fingerprint density at radius 2 is 1.64 bits per heavy atom. The Kier molecular flexibility index (Phi) is 8.89. The molecule has 1 N–H and O–H groups in total. The molecule has 2 aliphatic rings. The molecule has 0 radical (unpaired) electrons. The second kappa shape index (κ2) is 12.8. The van der Waals surface area contributed by atoms with E-state index in [9.17, 15) is 37.1 Å². The number of imide groups is 1. The van der Waals surface area contributed by atoms with E-state index in [2.05, 4.69) is 21.2 Å². The topological polar surface area (TPSA) is 115 Å². The largest absolute Gasteiger partial charge is 0.462 e. The maximum atomic E-state index is 14.1. The number of benzene rings is 3. The molecule has 1 saturated heterocycles. The van der Waals surface area contributed by atoms with E-state index >= 15 is 0 Å². The predicted molar refractivity (Wildman–Crippen MR) is 173 cm³/mol. The Balaban J connectivity index is 1.36. The number of rotatable bonds is 7. The number of halogens is 4. The zero-order chi connectivity index (χ0) is 33.6. The Morgan fingerprint density at radius 1 is 0.957 bits per heavy atom. The average molecular weight is 747 g/mol. The first-order valence-electron chi connectivity index (χ1n) is 14.2. The summed E-state index contributed by atoms with van der Waals surface area (Å²) in [5.41, 5.74) is -0.338. The van der Waals surface area contributed by atoms with Crippen LogP contribution in [0.1, 0.15) is 39.2 Å². The number of ether oxygens (including phenoxy) is 1. The number of carbonyl (C=O) groups is 4. The van der Waals surface area contributed by atoms with Crippen molar-refractivity contribution in [3.63, 3.8) is 0 Å². The van der Waals surface area contributed by atoms with E-state index < -0.39 is 69.6 Å². The molecule has 6 rings (SSSR count). The standard InChI is InChI=1S/C32H23BrF3N3O6S2/c1-2-45-30(43)17-9-13-19(14-10-17)39-27(41)24-23(16-7-11-18(33)12-8-16)26-29(46-25(24)28(39)42)38(31(44)47-26)15-22(40)37-21-6-4-3-5-20(21)32(34,35)36/h3-14,23-25H,2,15H2,1H3,(H,37,40)/t23-,24?,25?/m1/s1. The van der Waals surface area contributed by atoms with Gasteiger partial charge in [0.25, 0.3) is 0 Å². The van der Waals surface area contributed by atoms with Crippen LogP contribution in [-0.4, -0.2) is 40.1 Å². The first kappa shape index (κ1) is 32.7. The Hall–Kier alpha value is -4.21. The number of aromatic nitrogens is 1. The number of nitrogens with zero attached hydrogens (tertiary/aromatic N) is 2. The predicted octanol–water partition coefficient (Wildman–Crippen LogP) is 6.30. The molecule has 1 fully saturated rings. The fourth-order valence-corrected chi connectivity index (χ4v) is 8.71. The maximum absolute atomic E-state index is 14.1. The van der Waals surface area contributed by atoms with Crippen molar-refractivity contribution < 1.29 is 37.1 Å². The van der Waals surface area contributed by atoms with Gasteiger partial charge in [-0.2, -0.15) is 13.2 Å². The molecule has 2 aliphatic heterocycles. The van der Waals surface area contributed by atoms with Gasteiger partial charge < -0.3 is 10.1 Å². The van der Waals surface area contributed by atoms with Crippen LogP contribution in [-0.2, 0) is 31.8 Å². The van der Waals surface area contributed by atoms with Crippen molar-refractivity contribution in [2.24, 2.45) is 5.92 Å². The van der Waals surface area contributed by atoms with E-state index in [1.165, 1.54) is 36.4 Å². The first-order valence-corrected chi connectivity index (χ1v) is 16.6. The van der Waals surface area contributed by atoms with Crippen LogP contribution in [0, 0.1) is 5.92 Å². The van der Waals surface area contributed by atoms with Gasteiger partial charge in [0.1, 0.15) is 11.8 Å². The normalized spacial score (nSPS) is 18.9. The van der Waals surface area contributed by atoms with Crippen molar-refractivity contribution in [2.45, 2.75) is 35.8 Å². The third kappa shape index (κ3) is 6.14. The van der Waals surface area contributed by atoms with E-state index in [0.717, 1.165) is 49.2 Å². The number of alkyl halides is 3. The number of hydrogen-bond acceptors (Lipinski definition) is 8. The maximum Gasteiger partial charge on any atom is 0.418 e. The van der Waals surface area contributed by atoms with Crippen LogP contribution < -0.4 is 15.1 Å². The lowest BCUT2D eigenvalue weighted by Crippen LogP contribution is -2.33. The Morgan fingerprint density at radius 3 is 2.30 bits per heavy atom. The summed E-state index contributed by atoms with van der Waals surface area (Å²) in [5, 5.41) is 1.56. The van der Waals surface area contributed by atoms with Gasteiger partial charge in [-0.1, -0.05) is 63.3 Å². The zero-order valence-corrected chi connectivity index (χ0v) is 27.5. The summed E-state index contributed by atoms with van der Waals surface area (Å²) in [7, 11) is 0. The monoisotopic (exact) mass is 745 g/mol. The second-order valence-corrected chi connectivity index (χ2v) is 13.6. The van der Waals surface area contributed by atoms with Crippen LogP contribution in [0.2, 0.25) is 0 Å². The van der Waals surface area contributed by atoms with E-state index in [-0.39, 0.29) is 22.9 Å². The van der Waals surface area contributed by atoms with E-state index in [1.807, 2.05) is 0 Å². The minimum absolute atomic E-state index is 0.180. The van der Waals surface area contributed by atoms with Gasteiger partial charge >= 0.3 is 17.0 Å². The molecule has 3 heterocycles. The Labute approximate surface area is 281 Å². The Bertz CT molecular complexity index is 1960. The van der Waals surface area contributed by atoms with Crippen molar-refractivity contribution in [2.75, 3.05) is 16.8 Å². The van der Waals surface area contributed by atoms with Gasteiger partial charge in [-0.15, -0.1) is 0 Å². The number of amides is 3. The lowest BCUT2D eigenvalue weighted by molar-refractivity contribution is -0.137. The molecule has 15 heteroatoms. The molecule has 242 valence electrons. The highest BCUT2D eigenvalue weighted by atomic mass is 79.9. The lowest BCUT2D eigenvalue weighted by Gasteiger charge is -2.30. The lowest BCUT2D eigenvalue weighted by atomic mass is 9.83. The first-order chi connectivity index (χ1) is 22.4. The molecular formula is C32H23BrF3N3O6S2. The summed E-state index contributed by atoms with van der Waals surface area (Å²) in [4.78, 5) is 67.5. The SMILES string of the molecule is CCOC(=O)c1ccc(N2C(=O)C3Sc4c(sc(=O)n4CC(=O)Nc4ccccc4C(F)(F)F)[C@H](c4ccc(Br)cc4)C3C2=O)cc1. The molecule has 0 spiro atoms. The van der Waals surface area contributed by atoms with Crippen LogP contribution >= 0.6 is 39.0 Å². The van der Waals surface area contributed by atoms with Gasteiger partial charge in [0.2, 0.25) is 17.7 Å².